The van der Waals surface area contributed by atoms with Gasteiger partial charge >= 0.3 is 0 Å². The number of hydrogen-bond donors (Lipinski definition) is 1. The van der Waals surface area contributed by atoms with Crippen molar-refractivity contribution in [2.45, 2.75) is 0 Å². The maximum atomic E-state index is 12.0. The first-order valence-electron chi connectivity index (χ1n) is 5.45. The molecule has 0 saturated heterocycles. The molecule has 0 unspecified atom stereocenters. The molecule has 1 N–H and O–H groups in total. The number of benzene rings is 1. The SMILES string of the molecule is C=C(Cl)CNC(=O)c1cc(OC)c(OC)cc1OC. The highest BCUT2D eigenvalue weighted by Crippen LogP contribution is 2.34. The van der Waals surface area contributed by atoms with Crippen LogP contribution in [0, 0.1) is 0 Å². The lowest BCUT2D eigenvalue weighted by molar-refractivity contribution is 0.0954. The van der Waals surface area contributed by atoms with E-state index in [-0.39, 0.29) is 12.5 Å². The van der Waals surface area contributed by atoms with Crippen molar-refractivity contribution >= 4 is 17.5 Å². The average molecular weight is 286 g/mol. The van der Waals surface area contributed by atoms with Crippen LogP contribution in [0.2, 0.25) is 0 Å². The van der Waals surface area contributed by atoms with Gasteiger partial charge in [-0.25, -0.2) is 0 Å². The van der Waals surface area contributed by atoms with Crippen molar-refractivity contribution in [3.63, 3.8) is 0 Å². The van der Waals surface area contributed by atoms with Crippen molar-refractivity contribution in [3.05, 3.63) is 29.3 Å². The fraction of sp³-hybridized carbons (Fsp3) is 0.308. The fourth-order valence-electron chi connectivity index (χ4n) is 1.48. The van der Waals surface area contributed by atoms with E-state index in [1.807, 2.05) is 0 Å². The monoisotopic (exact) mass is 285 g/mol. The van der Waals surface area contributed by atoms with Gasteiger partial charge in [0.15, 0.2) is 11.5 Å². The van der Waals surface area contributed by atoms with E-state index in [1.54, 1.807) is 12.1 Å². The molecular weight excluding hydrogens is 270 g/mol. The van der Waals surface area contributed by atoms with Crippen molar-refractivity contribution < 1.29 is 19.0 Å². The molecule has 5 nitrogen and oxygen atoms in total. The van der Waals surface area contributed by atoms with Crippen LogP contribution in [0.15, 0.2) is 23.7 Å². The van der Waals surface area contributed by atoms with Crippen LogP contribution in [0.25, 0.3) is 0 Å². The van der Waals surface area contributed by atoms with E-state index in [9.17, 15) is 4.79 Å². The summed E-state index contributed by atoms with van der Waals surface area (Å²) in [4.78, 5) is 12.0. The second-order valence-corrected chi connectivity index (χ2v) is 4.14. The first kappa shape index (κ1) is 15.2. The molecule has 19 heavy (non-hydrogen) atoms. The van der Waals surface area contributed by atoms with E-state index in [0.717, 1.165) is 0 Å². The van der Waals surface area contributed by atoms with Crippen LogP contribution in [-0.2, 0) is 0 Å². The average Bonchev–Trinajstić information content (AvgIpc) is 2.42. The molecule has 0 saturated carbocycles. The maximum Gasteiger partial charge on any atom is 0.255 e. The topological polar surface area (TPSA) is 56.8 Å². The molecule has 0 atom stereocenters. The van der Waals surface area contributed by atoms with Crippen LogP contribution in [0.3, 0.4) is 0 Å². The van der Waals surface area contributed by atoms with Crippen LogP contribution in [0.4, 0.5) is 0 Å². The third-order valence-electron chi connectivity index (χ3n) is 2.39. The zero-order valence-electron chi connectivity index (χ0n) is 11.1. The molecule has 1 aromatic rings. The van der Waals surface area contributed by atoms with Crippen molar-refractivity contribution in [1.29, 1.82) is 0 Å². The Bertz CT molecular complexity index is 488. The van der Waals surface area contributed by atoms with E-state index >= 15 is 0 Å². The number of nitrogens with one attached hydrogen (secondary N) is 1. The summed E-state index contributed by atoms with van der Waals surface area (Å²) in [6.07, 6.45) is 0. The van der Waals surface area contributed by atoms with Crippen LogP contribution in [0.1, 0.15) is 10.4 Å². The summed E-state index contributed by atoms with van der Waals surface area (Å²) in [7, 11) is 4.47. The summed E-state index contributed by atoms with van der Waals surface area (Å²) in [5.74, 6) is 0.978. The summed E-state index contributed by atoms with van der Waals surface area (Å²) >= 11 is 5.60. The molecule has 0 aliphatic heterocycles. The Hall–Kier alpha value is -1.88. The summed E-state index contributed by atoms with van der Waals surface area (Å²) in [5.41, 5.74) is 0.332. The largest absolute Gasteiger partial charge is 0.496 e. The number of halogens is 1. The lowest BCUT2D eigenvalue weighted by Crippen LogP contribution is -2.25. The van der Waals surface area contributed by atoms with Crippen molar-refractivity contribution in [1.82, 2.24) is 5.32 Å². The fourth-order valence-corrected chi connectivity index (χ4v) is 1.54. The number of amides is 1. The van der Waals surface area contributed by atoms with Crippen LogP contribution in [-0.4, -0.2) is 33.8 Å². The summed E-state index contributed by atoms with van der Waals surface area (Å²) in [6.45, 7) is 3.68. The molecular formula is C13H16ClNO4. The van der Waals surface area contributed by atoms with Gasteiger partial charge in [0.25, 0.3) is 5.91 Å². The Labute approximate surface area is 117 Å². The molecule has 1 aromatic carbocycles. The van der Waals surface area contributed by atoms with E-state index in [1.165, 1.54) is 21.3 Å². The standard InChI is InChI=1S/C13H16ClNO4/c1-8(14)7-15-13(16)9-5-11(18-3)12(19-4)6-10(9)17-2/h5-6H,1,7H2,2-4H3,(H,15,16). The van der Waals surface area contributed by atoms with Gasteiger partial charge in [0.05, 0.1) is 33.4 Å². The summed E-state index contributed by atoms with van der Waals surface area (Å²) in [5, 5.41) is 2.96. The molecule has 1 amide bonds. The van der Waals surface area contributed by atoms with Gasteiger partial charge in [0, 0.05) is 17.2 Å². The molecule has 0 heterocycles. The van der Waals surface area contributed by atoms with Gasteiger partial charge in [-0.05, 0) is 0 Å². The molecule has 0 fully saturated rings. The number of rotatable bonds is 6. The van der Waals surface area contributed by atoms with Gasteiger partial charge < -0.3 is 19.5 Å². The van der Waals surface area contributed by atoms with Crippen molar-refractivity contribution in [3.8, 4) is 17.2 Å². The van der Waals surface area contributed by atoms with E-state index in [0.29, 0.717) is 27.8 Å². The molecule has 6 heteroatoms. The Balaban J connectivity index is 3.10. The predicted octanol–water partition coefficient (Wildman–Crippen LogP) is 2.19. The highest BCUT2D eigenvalue weighted by atomic mass is 35.5. The Morgan fingerprint density at radius 2 is 1.68 bits per heavy atom. The van der Waals surface area contributed by atoms with E-state index < -0.39 is 0 Å². The Morgan fingerprint density at radius 1 is 1.16 bits per heavy atom. The zero-order chi connectivity index (χ0) is 14.4. The smallest absolute Gasteiger partial charge is 0.255 e. The third-order valence-corrected chi connectivity index (χ3v) is 2.52. The summed E-state index contributed by atoms with van der Waals surface area (Å²) in [6, 6.07) is 3.13. The normalized spacial score (nSPS) is 9.68. The maximum absolute atomic E-state index is 12.0. The minimum absolute atomic E-state index is 0.178. The lowest BCUT2D eigenvalue weighted by atomic mass is 10.1. The van der Waals surface area contributed by atoms with Gasteiger partial charge in [-0.1, -0.05) is 18.2 Å². The first-order chi connectivity index (χ1) is 9.03. The predicted molar refractivity (Wildman–Crippen MR) is 73.4 cm³/mol. The Morgan fingerprint density at radius 3 is 2.16 bits per heavy atom. The molecule has 0 aromatic heterocycles. The molecule has 1 rings (SSSR count). The van der Waals surface area contributed by atoms with Crippen LogP contribution in [0.5, 0.6) is 17.2 Å². The minimum atomic E-state index is -0.334. The highest BCUT2D eigenvalue weighted by Gasteiger charge is 2.17. The number of ether oxygens (including phenoxy) is 3. The van der Waals surface area contributed by atoms with E-state index in [2.05, 4.69) is 11.9 Å². The molecule has 0 aliphatic carbocycles. The number of hydrogen-bond acceptors (Lipinski definition) is 4. The lowest BCUT2D eigenvalue weighted by Gasteiger charge is -2.13. The van der Waals surface area contributed by atoms with Crippen LogP contribution < -0.4 is 19.5 Å². The number of methoxy groups -OCH3 is 3. The molecule has 0 radical (unpaired) electrons. The number of carbonyl (C=O) groups excluding carboxylic acids is 1. The molecule has 104 valence electrons. The molecule has 0 bridgehead atoms. The van der Waals surface area contributed by atoms with Gasteiger partial charge in [-0.2, -0.15) is 0 Å². The second kappa shape index (κ2) is 6.89. The van der Waals surface area contributed by atoms with Gasteiger partial charge in [0.2, 0.25) is 0 Å². The van der Waals surface area contributed by atoms with Crippen LogP contribution >= 0.6 is 11.6 Å². The highest BCUT2D eigenvalue weighted by molar-refractivity contribution is 6.29. The minimum Gasteiger partial charge on any atom is -0.496 e. The molecule has 0 aliphatic rings. The third kappa shape index (κ3) is 3.79. The number of carbonyl (C=O) groups is 1. The van der Waals surface area contributed by atoms with Gasteiger partial charge in [-0.15, -0.1) is 0 Å². The zero-order valence-corrected chi connectivity index (χ0v) is 11.8. The van der Waals surface area contributed by atoms with Gasteiger partial charge in [-0.3, -0.25) is 4.79 Å². The quantitative estimate of drug-likeness (QED) is 0.870. The first-order valence-corrected chi connectivity index (χ1v) is 5.82. The molecule has 0 spiro atoms. The second-order valence-electron chi connectivity index (χ2n) is 3.61. The van der Waals surface area contributed by atoms with Crippen molar-refractivity contribution in [2.24, 2.45) is 0 Å². The summed E-state index contributed by atoms with van der Waals surface area (Å²) < 4.78 is 15.5. The van der Waals surface area contributed by atoms with Crippen molar-refractivity contribution in [2.75, 3.05) is 27.9 Å². The van der Waals surface area contributed by atoms with E-state index in [4.69, 9.17) is 25.8 Å². The Kier molecular flexibility index (Phi) is 5.51. The van der Waals surface area contributed by atoms with Gasteiger partial charge in [0.1, 0.15) is 5.75 Å².